The molecule has 0 spiro atoms. The van der Waals surface area contributed by atoms with Crippen LogP contribution in [0.25, 0.3) is 0 Å². The van der Waals surface area contributed by atoms with Gasteiger partial charge in [0.2, 0.25) is 5.75 Å². The Bertz CT molecular complexity index is 719. The molecule has 1 unspecified atom stereocenters. The van der Waals surface area contributed by atoms with Crippen molar-refractivity contribution in [2.75, 3.05) is 0 Å². The van der Waals surface area contributed by atoms with Gasteiger partial charge < -0.3 is 17.1 Å². The molecule has 1 rings (SSSR count). The van der Waals surface area contributed by atoms with E-state index in [4.69, 9.17) is 9.11 Å². The second kappa shape index (κ2) is 5.90. The number of para-hydroxylation sites is 1. The molecule has 0 saturated heterocycles. The van der Waals surface area contributed by atoms with Crippen LogP contribution in [0.5, 0.6) is 17.2 Å². The van der Waals surface area contributed by atoms with E-state index in [9.17, 15) is 25.6 Å². The Kier molecular flexibility index (Phi) is 4.90. The zero-order valence-corrected chi connectivity index (χ0v) is 11.5. The van der Waals surface area contributed by atoms with Gasteiger partial charge in [-0.25, -0.2) is 4.21 Å². The molecule has 0 bridgehead atoms. The van der Waals surface area contributed by atoms with Gasteiger partial charge in [-0.15, -0.1) is 0 Å². The summed E-state index contributed by atoms with van der Waals surface area (Å²) >= 11 is -3.16. The van der Waals surface area contributed by atoms with Gasteiger partial charge in [0.15, 0.2) is 11.5 Å². The first kappa shape index (κ1) is 16.6. The normalized spacial score (nSPS) is 13.6. The SMILES string of the molecule is O=S([O-])Oc1cccc(OS(=O)(=O)O)c1OS(=O)(=O)O. The summed E-state index contributed by atoms with van der Waals surface area (Å²) in [5, 5.41) is 0. The topological polar surface area (TPSA) is 177 Å². The predicted molar refractivity (Wildman–Crippen MR) is 60.3 cm³/mol. The lowest BCUT2D eigenvalue weighted by Gasteiger charge is -2.13. The first-order chi connectivity index (χ1) is 8.98. The van der Waals surface area contributed by atoms with Gasteiger partial charge in [-0.2, -0.15) is 16.8 Å². The fourth-order valence-corrected chi connectivity index (χ4v) is 2.01. The van der Waals surface area contributed by atoms with Crippen molar-refractivity contribution in [3.63, 3.8) is 0 Å². The Labute approximate surface area is 115 Å². The van der Waals surface area contributed by atoms with Gasteiger partial charge in [-0.1, -0.05) is 6.07 Å². The van der Waals surface area contributed by atoms with Gasteiger partial charge in [-0.05, 0) is 12.1 Å². The van der Waals surface area contributed by atoms with Gasteiger partial charge in [0, 0.05) is 0 Å². The van der Waals surface area contributed by atoms with E-state index in [1.807, 2.05) is 0 Å². The van der Waals surface area contributed by atoms with Crippen LogP contribution < -0.4 is 12.5 Å². The Morgan fingerprint density at radius 2 is 1.50 bits per heavy atom. The van der Waals surface area contributed by atoms with Crippen LogP contribution in [0.15, 0.2) is 18.2 Å². The summed E-state index contributed by atoms with van der Waals surface area (Å²) in [6.45, 7) is 0. The minimum Gasteiger partial charge on any atom is -0.740 e. The average molecular weight is 349 g/mol. The Balaban J connectivity index is 3.39. The van der Waals surface area contributed by atoms with Crippen LogP contribution >= 0.6 is 0 Å². The molecule has 2 N–H and O–H groups in total. The molecule has 0 amide bonds. The van der Waals surface area contributed by atoms with E-state index in [0.717, 1.165) is 18.2 Å². The summed E-state index contributed by atoms with van der Waals surface area (Å²) in [5.41, 5.74) is 0. The van der Waals surface area contributed by atoms with Crippen molar-refractivity contribution in [3.05, 3.63) is 18.2 Å². The maximum Gasteiger partial charge on any atom is 0.446 e. The van der Waals surface area contributed by atoms with Crippen molar-refractivity contribution in [1.82, 2.24) is 0 Å². The van der Waals surface area contributed by atoms with Crippen molar-refractivity contribution >= 4 is 32.2 Å². The fourth-order valence-electron chi connectivity index (χ4n) is 1.00. The average Bonchev–Trinajstić information content (AvgIpc) is 2.18. The molecular weight excluding hydrogens is 344 g/mol. The minimum absolute atomic E-state index is 0.800. The molecule has 0 radical (unpaired) electrons. The van der Waals surface area contributed by atoms with Crippen LogP contribution in [-0.2, 0) is 32.2 Å². The molecule has 1 aromatic rings. The fraction of sp³-hybridized carbons (Fsp3) is 0. The third-order valence-corrected chi connectivity index (χ3v) is 2.57. The predicted octanol–water partition coefficient (Wildman–Crippen LogP) is -0.777. The molecule has 0 fully saturated rings. The van der Waals surface area contributed by atoms with Crippen LogP contribution in [0.2, 0.25) is 0 Å². The molecule has 11 nitrogen and oxygen atoms in total. The van der Waals surface area contributed by atoms with E-state index in [0.29, 0.717) is 0 Å². The number of hydrogen-bond donors (Lipinski definition) is 2. The maximum absolute atomic E-state index is 10.6. The van der Waals surface area contributed by atoms with E-state index in [-0.39, 0.29) is 0 Å². The second-order valence-electron chi connectivity index (χ2n) is 2.89. The number of hydrogen-bond acceptors (Lipinski definition) is 9. The molecule has 1 aromatic carbocycles. The molecule has 0 aromatic heterocycles. The standard InChI is InChI=1S/C6H6O11S3/c7-18(8)15-4-2-1-3-5(16-19(9,10)11)6(4)17-20(12,13)14/h1-3H,(H,7,8)(H,9,10,11)(H,12,13,14)/p-1. The van der Waals surface area contributed by atoms with Crippen LogP contribution in [0.4, 0.5) is 0 Å². The molecule has 0 aliphatic rings. The zero-order valence-electron chi connectivity index (χ0n) is 9.03. The lowest BCUT2D eigenvalue weighted by atomic mass is 10.3. The Hall–Kier alpha value is -1.45. The van der Waals surface area contributed by atoms with Crippen molar-refractivity contribution in [2.45, 2.75) is 0 Å². The number of benzene rings is 1. The summed E-state index contributed by atoms with van der Waals surface area (Å²) in [6, 6.07) is 2.67. The first-order valence-electron chi connectivity index (χ1n) is 4.22. The van der Waals surface area contributed by atoms with Gasteiger partial charge >= 0.3 is 20.8 Å². The zero-order chi connectivity index (χ0) is 15.6. The maximum atomic E-state index is 10.6. The van der Waals surface area contributed by atoms with E-state index in [2.05, 4.69) is 12.5 Å². The molecule has 114 valence electrons. The van der Waals surface area contributed by atoms with Gasteiger partial charge in [0.05, 0.1) is 0 Å². The highest BCUT2D eigenvalue weighted by Crippen LogP contribution is 2.38. The summed E-state index contributed by atoms with van der Waals surface area (Å²) in [4.78, 5) is 0. The van der Waals surface area contributed by atoms with Crippen molar-refractivity contribution in [3.8, 4) is 17.2 Å². The lowest BCUT2D eigenvalue weighted by Crippen LogP contribution is -2.12. The largest absolute Gasteiger partial charge is 0.740 e. The molecule has 1 atom stereocenters. The summed E-state index contributed by atoms with van der Waals surface area (Å²) in [6.07, 6.45) is 0. The van der Waals surface area contributed by atoms with Crippen LogP contribution in [-0.4, -0.2) is 34.7 Å². The lowest BCUT2D eigenvalue weighted by molar-refractivity contribution is 0.353. The van der Waals surface area contributed by atoms with E-state index < -0.39 is 49.4 Å². The van der Waals surface area contributed by atoms with Gasteiger partial charge in [0.1, 0.15) is 11.4 Å². The van der Waals surface area contributed by atoms with Crippen molar-refractivity contribution < 1.29 is 47.3 Å². The molecule has 0 aliphatic heterocycles. The van der Waals surface area contributed by atoms with Crippen molar-refractivity contribution in [2.24, 2.45) is 0 Å². The highest BCUT2D eigenvalue weighted by atomic mass is 32.3. The highest BCUT2D eigenvalue weighted by molar-refractivity contribution is 7.81. The van der Waals surface area contributed by atoms with E-state index in [1.165, 1.54) is 0 Å². The third-order valence-electron chi connectivity index (χ3n) is 1.48. The van der Waals surface area contributed by atoms with Crippen LogP contribution in [0.3, 0.4) is 0 Å². The highest BCUT2D eigenvalue weighted by Gasteiger charge is 2.22. The third kappa shape index (κ3) is 5.68. The summed E-state index contributed by atoms with van der Waals surface area (Å²) in [7, 11) is -10.2. The molecule has 0 heterocycles. The van der Waals surface area contributed by atoms with E-state index in [1.54, 1.807) is 0 Å². The van der Waals surface area contributed by atoms with E-state index >= 15 is 0 Å². The monoisotopic (exact) mass is 349 g/mol. The van der Waals surface area contributed by atoms with Gasteiger partial charge in [0.25, 0.3) is 0 Å². The molecule has 0 saturated carbocycles. The summed E-state index contributed by atoms with van der Waals surface area (Å²) < 4.78 is 92.1. The minimum atomic E-state index is -5.15. The Morgan fingerprint density at radius 1 is 1.00 bits per heavy atom. The second-order valence-corrected chi connectivity index (χ2v) is 5.51. The molecule has 14 heteroatoms. The Morgan fingerprint density at radius 3 is 1.95 bits per heavy atom. The molecule has 0 aliphatic carbocycles. The quantitative estimate of drug-likeness (QED) is 0.486. The first-order valence-corrected chi connectivity index (χ1v) is 7.95. The van der Waals surface area contributed by atoms with Crippen LogP contribution in [0.1, 0.15) is 0 Å². The summed E-state index contributed by atoms with van der Waals surface area (Å²) in [5.74, 6) is -2.85. The number of rotatable bonds is 6. The van der Waals surface area contributed by atoms with Crippen molar-refractivity contribution in [1.29, 1.82) is 0 Å². The van der Waals surface area contributed by atoms with Crippen LogP contribution in [0, 0.1) is 0 Å². The molecular formula is C6H5O11S3-. The smallest absolute Gasteiger partial charge is 0.446 e. The molecule has 20 heavy (non-hydrogen) atoms. The van der Waals surface area contributed by atoms with Gasteiger partial charge in [-0.3, -0.25) is 9.11 Å².